The third-order valence-electron chi connectivity index (χ3n) is 2.14. The summed E-state index contributed by atoms with van der Waals surface area (Å²) in [5, 5.41) is 0. The van der Waals surface area contributed by atoms with E-state index in [1.807, 2.05) is 6.92 Å². The second-order valence-electron chi connectivity index (χ2n) is 3.50. The fourth-order valence-corrected chi connectivity index (χ4v) is 1.15. The van der Waals surface area contributed by atoms with E-state index in [4.69, 9.17) is 15.2 Å². The fourth-order valence-electron chi connectivity index (χ4n) is 1.15. The Morgan fingerprint density at radius 1 is 1.47 bits per heavy atom. The molecule has 0 aliphatic rings. The van der Waals surface area contributed by atoms with E-state index in [9.17, 15) is 4.39 Å². The lowest BCUT2D eigenvalue weighted by atomic mass is 10.2. The van der Waals surface area contributed by atoms with Crippen molar-refractivity contribution in [1.82, 2.24) is 0 Å². The molecular weight excluding hydrogens is 221 g/mol. The number of hydrogen-bond acceptors (Lipinski definition) is 3. The first-order valence-electron chi connectivity index (χ1n) is 5.31. The molecular formula is C13H16FNO2. The maximum Gasteiger partial charge on any atom is 0.135 e. The highest BCUT2D eigenvalue weighted by Crippen LogP contribution is 2.19. The SMILES string of the molecule is COC(C)COc1ccc(F)cc1C#CCN. The van der Waals surface area contributed by atoms with Crippen LogP contribution in [0, 0.1) is 17.7 Å². The summed E-state index contributed by atoms with van der Waals surface area (Å²) in [6.07, 6.45) is -0.0321. The van der Waals surface area contributed by atoms with E-state index in [0.29, 0.717) is 17.9 Å². The van der Waals surface area contributed by atoms with Gasteiger partial charge in [0.2, 0.25) is 0 Å². The van der Waals surface area contributed by atoms with Crippen LogP contribution < -0.4 is 10.5 Å². The standard InChI is InChI=1S/C13H16FNO2/c1-10(16-2)9-17-13-6-5-12(14)8-11(13)4-3-7-15/h5-6,8,10H,7,9,15H2,1-2H3. The van der Waals surface area contributed by atoms with Crippen LogP contribution in [0.1, 0.15) is 12.5 Å². The predicted octanol–water partition coefficient (Wildman–Crippen LogP) is 1.55. The summed E-state index contributed by atoms with van der Waals surface area (Å²) < 4.78 is 23.6. The number of halogens is 1. The quantitative estimate of drug-likeness (QED) is 0.808. The third kappa shape index (κ3) is 4.43. The van der Waals surface area contributed by atoms with E-state index in [1.165, 1.54) is 12.1 Å². The van der Waals surface area contributed by atoms with Crippen molar-refractivity contribution in [2.24, 2.45) is 5.73 Å². The largest absolute Gasteiger partial charge is 0.490 e. The summed E-state index contributed by atoms with van der Waals surface area (Å²) in [4.78, 5) is 0. The predicted molar refractivity (Wildman–Crippen MR) is 64.3 cm³/mol. The molecule has 0 aliphatic carbocycles. The number of benzene rings is 1. The Kier molecular flexibility index (Phi) is 5.47. The Balaban J connectivity index is 2.82. The van der Waals surface area contributed by atoms with Crippen LogP contribution in [-0.2, 0) is 4.74 Å². The molecule has 1 atom stereocenters. The highest BCUT2D eigenvalue weighted by molar-refractivity contribution is 5.46. The molecule has 0 bridgehead atoms. The molecule has 0 radical (unpaired) electrons. The van der Waals surface area contributed by atoms with Gasteiger partial charge in [-0.2, -0.15) is 0 Å². The maximum atomic E-state index is 13.1. The average molecular weight is 237 g/mol. The number of nitrogens with two attached hydrogens (primary N) is 1. The van der Waals surface area contributed by atoms with E-state index in [-0.39, 0.29) is 18.5 Å². The van der Waals surface area contributed by atoms with Gasteiger partial charge in [0.15, 0.2) is 0 Å². The molecule has 4 heteroatoms. The molecule has 1 aromatic rings. The molecule has 0 aliphatic heterocycles. The van der Waals surface area contributed by atoms with Crippen LogP contribution in [0.2, 0.25) is 0 Å². The zero-order valence-electron chi connectivity index (χ0n) is 10.00. The number of methoxy groups -OCH3 is 1. The van der Waals surface area contributed by atoms with E-state index in [1.54, 1.807) is 13.2 Å². The van der Waals surface area contributed by atoms with Crippen LogP contribution in [0.4, 0.5) is 4.39 Å². The van der Waals surface area contributed by atoms with Gasteiger partial charge in [-0.3, -0.25) is 0 Å². The Labute approximate surface area is 101 Å². The zero-order chi connectivity index (χ0) is 12.7. The van der Waals surface area contributed by atoms with Gasteiger partial charge in [-0.25, -0.2) is 4.39 Å². The molecule has 3 nitrogen and oxygen atoms in total. The normalized spacial score (nSPS) is 11.5. The van der Waals surface area contributed by atoms with Gasteiger partial charge in [0.05, 0.1) is 18.2 Å². The molecule has 1 rings (SSSR count). The summed E-state index contributed by atoms with van der Waals surface area (Å²) in [7, 11) is 1.60. The number of hydrogen-bond donors (Lipinski definition) is 1. The minimum atomic E-state index is -0.349. The molecule has 0 spiro atoms. The molecule has 0 saturated carbocycles. The molecule has 0 aromatic heterocycles. The fraction of sp³-hybridized carbons (Fsp3) is 0.385. The average Bonchev–Trinajstić information content (AvgIpc) is 2.34. The van der Waals surface area contributed by atoms with Gasteiger partial charge in [-0.1, -0.05) is 11.8 Å². The van der Waals surface area contributed by atoms with Crippen molar-refractivity contribution in [2.75, 3.05) is 20.3 Å². The minimum absolute atomic E-state index is 0.0321. The van der Waals surface area contributed by atoms with Gasteiger partial charge >= 0.3 is 0 Å². The van der Waals surface area contributed by atoms with Crippen molar-refractivity contribution >= 4 is 0 Å². The molecule has 17 heavy (non-hydrogen) atoms. The van der Waals surface area contributed by atoms with Gasteiger partial charge in [-0.05, 0) is 25.1 Å². The maximum absolute atomic E-state index is 13.1. The summed E-state index contributed by atoms with van der Waals surface area (Å²) in [6, 6.07) is 4.22. The van der Waals surface area contributed by atoms with Gasteiger partial charge in [0.1, 0.15) is 18.2 Å². The molecule has 92 valence electrons. The minimum Gasteiger partial charge on any atom is -0.490 e. The van der Waals surface area contributed by atoms with Gasteiger partial charge in [-0.15, -0.1) is 0 Å². The molecule has 0 fully saturated rings. The van der Waals surface area contributed by atoms with Crippen molar-refractivity contribution in [3.63, 3.8) is 0 Å². The lowest BCUT2D eigenvalue weighted by Gasteiger charge is -2.12. The molecule has 2 N–H and O–H groups in total. The van der Waals surface area contributed by atoms with Crippen molar-refractivity contribution in [3.05, 3.63) is 29.6 Å². The van der Waals surface area contributed by atoms with Gasteiger partial charge < -0.3 is 15.2 Å². The van der Waals surface area contributed by atoms with Gasteiger partial charge in [0.25, 0.3) is 0 Å². The van der Waals surface area contributed by atoms with Crippen molar-refractivity contribution in [2.45, 2.75) is 13.0 Å². The lowest BCUT2D eigenvalue weighted by molar-refractivity contribution is 0.0715. The second kappa shape index (κ2) is 6.89. The lowest BCUT2D eigenvalue weighted by Crippen LogP contribution is -2.16. The molecule has 1 aromatic carbocycles. The Bertz CT molecular complexity index is 423. The van der Waals surface area contributed by atoms with Crippen molar-refractivity contribution in [3.8, 4) is 17.6 Å². The van der Waals surface area contributed by atoms with E-state index in [2.05, 4.69) is 11.8 Å². The van der Waals surface area contributed by atoms with Crippen LogP contribution in [0.25, 0.3) is 0 Å². The summed E-state index contributed by atoms with van der Waals surface area (Å²) in [5.74, 6) is 5.64. The first kappa shape index (κ1) is 13.5. The van der Waals surface area contributed by atoms with E-state index < -0.39 is 0 Å². The van der Waals surface area contributed by atoms with Crippen molar-refractivity contribution < 1.29 is 13.9 Å². The number of rotatable bonds is 4. The highest BCUT2D eigenvalue weighted by atomic mass is 19.1. The molecule has 0 amide bonds. The highest BCUT2D eigenvalue weighted by Gasteiger charge is 2.06. The van der Waals surface area contributed by atoms with E-state index in [0.717, 1.165) is 0 Å². The summed E-state index contributed by atoms with van der Waals surface area (Å²) in [6.45, 7) is 2.50. The molecule has 0 saturated heterocycles. The smallest absolute Gasteiger partial charge is 0.135 e. The second-order valence-corrected chi connectivity index (χ2v) is 3.50. The molecule has 0 heterocycles. The van der Waals surface area contributed by atoms with Crippen molar-refractivity contribution in [1.29, 1.82) is 0 Å². The summed E-state index contributed by atoms with van der Waals surface area (Å²) >= 11 is 0. The first-order valence-corrected chi connectivity index (χ1v) is 5.31. The van der Waals surface area contributed by atoms with Crippen LogP contribution in [0.15, 0.2) is 18.2 Å². The van der Waals surface area contributed by atoms with Crippen LogP contribution in [-0.4, -0.2) is 26.4 Å². The monoisotopic (exact) mass is 237 g/mol. The Morgan fingerprint density at radius 2 is 2.24 bits per heavy atom. The summed E-state index contributed by atoms with van der Waals surface area (Å²) in [5.41, 5.74) is 5.78. The zero-order valence-corrected chi connectivity index (χ0v) is 10.00. The van der Waals surface area contributed by atoms with E-state index >= 15 is 0 Å². The number of ether oxygens (including phenoxy) is 2. The topological polar surface area (TPSA) is 44.5 Å². The van der Waals surface area contributed by atoms with Crippen LogP contribution in [0.3, 0.4) is 0 Å². The third-order valence-corrected chi connectivity index (χ3v) is 2.14. The van der Waals surface area contributed by atoms with Crippen LogP contribution >= 0.6 is 0 Å². The van der Waals surface area contributed by atoms with Gasteiger partial charge in [0, 0.05) is 7.11 Å². The Morgan fingerprint density at radius 3 is 2.88 bits per heavy atom. The van der Waals surface area contributed by atoms with Crippen LogP contribution in [0.5, 0.6) is 5.75 Å². The first-order chi connectivity index (χ1) is 8.17. The Hall–Kier alpha value is -1.57. The molecule has 1 unspecified atom stereocenters.